The zero-order valence-electron chi connectivity index (χ0n) is 10.9. The predicted molar refractivity (Wildman–Crippen MR) is 64.6 cm³/mol. The molecule has 1 heterocycles. The quantitative estimate of drug-likeness (QED) is 0.598. The summed E-state index contributed by atoms with van der Waals surface area (Å²) in [7, 11) is 3.32. The molecular weight excluding hydrogens is 221 g/mol. The number of Topliss-reactive ketones (excluding diaryl/α,β-unsaturated/α-hetero) is 1. The minimum Gasteiger partial charge on any atom is -0.381 e. The first-order valence-electron chi connectivity index (χ1n) is 5.47. The number of ketones is 1. The normalized spacial score (nSPS) is 12.1. The van der Waals surface area contributed by atoms with E-state index in [0.717, 1.165) is 6.20 Å². The van der Waals surface area contributed by atoms with Gasteiger partial charge in [-0.3, -0.25) is 4.79 Å². The Bertz CT molecular complexity index is 447. The number of imidazole rings is 1. The minimum absolute atomic E-state index is 0.145. The number of rotatable bonds is 4. The molecule has 4 nitrogen and oxygen atoms in total. The van der Waals surface area contributed by atoms with E-state index in [1.54, 1.807) is 27.2 Å². The third-order valence-electron chi connectivity index (χ3n) is 2.29. The van der Waals surface area contributed by atoms with Crippen LogP contribution in [-0.4, -0.2) is 34.3 Å². The Kier molecular flexibility index (Phi) is 4.04. The highest BCUT2D eigenvalue weighted by Gasteiger charge is 2.17. The van der Waals surface area contributed by atoms with Crippen LogP contribution in [0.1, 0.15) is 36.2 Å². The number of carbonyl (C=O) groups is 1. The van der Waals surface area contributed by atoms with Crippen LogP contribution in [0, 0.1) is 6.92 Å². The van der Waals surface area contributed by atoms with E-state index in [1.165, 1.54) is 4.90 Å². The zero-order chi connectivity index (χ0) is 13.2. The van der Waals surface area contributed by atoms with Crippen molar-refractivity contribution in [3.63, 3.8) is 0 Å². The van der Waals surface area contributed by atoms with Crippen molar-refractivity contribution in [2.24, 2.45) is 0 Å². The Morgan fingerprint density at radius 1 is 1.53 bits per heavy atom. The average Bonchev–Trinajstić information content (AvgIpc) is 2.58. The Morgan fingerprint density at radius 3 is 2.53 bits per heavy atom. The zero-order valence-corrected chi connectivity index (χ0v) is 10.9. The molecule has 0 aliphatic rings. The van der Waals surface area contributed by atoms with Gasteiger partial charge in [-0.05, 0) is 20.8 Å². The first kappa shape index (κ1) is 13.4. The molecule has 0 atom stereocenters. The lowest BCUT2D eigenvalue weighted by molar-refractivity contribution is 0.0997. The summed E-state index contributed by atoms with van der Waals surface area (Å²) in [5.74, 6) is -0.773. The highest BCUT2D eigenvalue weighted by atomic mass is 19.1. The number of aromatic nitrogens is 2. The van der Waals surface area contributed by atoms with E-state index >= 15 is 0 Å². The van der Waals surface area contributed by atoms with Gasteiger partial charge in [0.25, 0.3) is 0 Å². The van der Waals surface area contributed by atoms with Gasteiger partial charge in [0.15, 0.2) is 5.83 Å². The van der Waals surface area contributed by atoms with Crippen molar-refractivity contribution in [1.29, 1.82) is 0 Å². The molecule has 0 radical (unpaired) electrons. The standard InChI is InChI=1S/C12H18FN3O/c1-8(2)16-7-11(14-9(16)3)12(17)10(13)6-15(4)5/h6-8H,1-5H3. The van der Waals surface area contributed by atoms with Crippen LogP contribution in [-0.2, 0) is 0 Å². The lowest BCUT2D eigenvalue weighted by Gasteiger charge is -2.07. The van der Waals surface area contributed by atoms with Gasteiger partial charge >= 0.3 is 0 Å². The second-order valence-electron chi connectivity index (χ2n) is 4.44. The largest absolute Gasteiger partial charge is 0.381 e. The third kappa shape index (κ3) is 3.15. The summed E-state index contributed by atoms with van der Waals surface area (Å²) in [6.07, 6.45) is 2.73. The number of hydrogen-bond donors (Lipinski definition) is 0. The SMILES string of the molecule is Cc1nc(C(=O)C(F)=CN(C)C)cn1C(C)C. The Balaban J connectivity index is 3.02. The van der Waals surface area contributed by atoms with Gasteiger partial charge in [-0.1, -0.05) is 0 Å². The lowest BCUT2D eigenvalue weighted by atomic mass is 10.3. The second-order valence-corrected chi connectivity index (χ2v) is 4.44. The third-order valence-corrected chi connectivity index (χ3v) is 2.29. The minimum atomic E-state index is -0.802. The van der Waals surface area contributed by atoms with Gasteiger partial charge in [0, 0.05) is 32.5 Å². The van der Waals surface area contributed by atoms with Crippen LogP contribution in [0.4, 0.5) is 4.39 Å². The van der Waals surface area contributed by atoms with Gasteiger partial charge < -0.3 is 9.47 Å². The monoisotopic (exact) mass is 239 g/mol. The molecule has 0 aliphatic heterocycles. The van der Waals surface area contributed by atoms with E-state index in [1.807, 2.05) is 18.4 Å². The van der Waals surface area contributed by atoms with Gasteiger partial charge in [-0.25, -0.2) is 9.37 Å². The lowest BCUT2D eigenvalue weighted by Crippen LogP contribution is -2.07. The Labute approximate surface area is 101 Å². The maximum absolute atomic E-state index is 13.5. The van der Waals surface area contributed by atoms with Gasteiger partial charge in [0.05, 0.1) is 0 Å². The summed E-state index contributed by atoms with van der Waals surface area (Å²) in [5.41, 5.74) is 0.145. The van der Waals surface area contributed by atoms with Crippen LogP contribution in [0.25, 0.3) is 0 Å². The highest BCUT2D eigenvalue weighted by Crippen LogP contribution is 2.14. The molecule has 0 spiro atoms. The molecule has 0 aromatic carbocycles. The van der Waals surface area contributed by atoms with Gasteiger partial charge in [0.2, 0.25) is 5.78 Å². The van der Waals surface area contributed by atoms with Gasteiger partial charge in [-0.15, -0.1) is 0 Å². The Morgan fingerprint density at radius 2 is 2.12 bits per heavy atom. The average molecular weight is 239 g/mol. The molecule has 0 aliphatic carbocycles. The van der Waals surface area contributed by atoms with Crippen LogP contribution in [0.3, 0.4) is 0 Å². The molecule has 94 valence electrons. The molecule has 1 aromatic rings. The van der Waals surface area contributed by atoms with Crippen molar-refractivity contribution in [2.45, 2.75) is 26.8 Å². The molecule has 0 bridgehead atoms. The number of nitrogens with zero attached hydrogens (tertiary/aromatic N) is 3. The summed E-state index contributed by atoms with van der Waals surface area (Å²) in [4.78, 5) is 17.3. The second kappa shape index (κ2) is 5.12. The number of hydrogen-bond acceptors (Lipinski definition) is 3. The van der Waals surface area contributed by atoms with E-state index in [9.17, 15) is 9.18 Å². The number of carbonyl (C=O) groups excluding carboxylic acids is 1. The molecule has 0 N–H and O–H groups in total. The first-order chi connectivity index (χ1) is 7.82. The summed E-state index contributed by atoms with van der Waals surface area (Å²) in [6, 6.07) is 0.199. The summed E-state index contributed by atoms with van der Waals surface area (Å²) < 4.78 is 15.3. The van der Waals surface area contributed by atoms with Crippen molar-refractivity contribution in [3.8, 4) is 0 Å². The number of allylic oxidation sites excluding steroid dienone is 1. The fourth-order valence-corrected chi connectivity index (χ4v) is 1.53. The molecule has 1 aromatic heterocycles. The van der Waals surface area contributed by atoms with E-state index in [-0.39, 0.29) is 11.7 Å². The van der Waals surface area contributed by atoms with Gasteiger partial charge in [-0.2, -0.15) is 0 Å². The van der Waals surface area contributed by atoms with Crippen molar-refractivity contribution < 1.29 is 9.18 Å². The van der Waals surface area contributed by atoms with Crippen LogP contribution >= 0.6 is 0 Å². The van der Waals surface area contributed by atoms with E-state index in [2.05, 4.69) is 4.98 Å². The molecule has 5 heteroatoms. The maximum atomic E-state index is 13.5. The molecule has 0 unspecified atom stereocenters. The van der Waals surface area contributed by atoms with Crippen molar-refractivity contribution in [3.05, 3.63) is 29.7 Å². The van der Waals surface area contributed by atoms with Crippen LogP contribution in [0.15, 0.2) is 18.2 Å². The smallest absolute Gasteiger partial charge is 0.242 e. The fourth-order valence-electron chi connectivity index (χ4n) is 1.53. The number of aryl methyl sites for hydroxylation is 1. The van der Waals surface area contributed by atoms with Gasteiger partial charge in [0.1, 0.15) is 11.5 Å². The first-order valence-corrected chi connectivity index (χ1v) is 5.47. The van der Waals surface area contributed by atoms with E-state index in [4.69, 9.17) is 0 Å². The highest BCUT2D eigenvalue weighted by molar-refractivity contribution is 6.05. The number of halogens is 1. The molecule has 0 saturated heterocycles. The predicted octanol–water partition coefficient (Wildman–Crippen LogP) is 2.33. The topological polar surface area (TPSA) is 38.1 Å². The maximum Gasteiger partial charge on any atom is 0.242 e. The Hall–Kier alpha value is -1.65. The summed E-state index contributed by atoms with van der Waals surface area (Å²) >= 11 is 0. The molecule has 1 rings (SSSR count). The molecule has 17 heavy (non-hydrogen) atoms. The van der Waals surface area contributed by atoms with Crippen LogP contribution in [0.5, 0.6) is 0 Å². The summed E-state index contributed by atoms with van der Waals surface area (Å²) in [5, 5.41) is 0. The van der Waals surface area contributed by atoms with E-state index in [0.29, 0.717) is 5.82 Å². The molecule has 0 fully saturated rings. The van der Waals surface area contributed by atoms with Crippen LogP contribution in [0.2, 0.25) is 0 Å². The van der Waals surface area contributed by atoms with Crippen molar-refractivity contribution in [2.75, 3.05) is 14.1 Å². The van der Waals surface area contributed by atoms with Crippen molar-refractivity contribution in [1.82, 2.24) is 14.5 Å². The molecule has 0 amide bonds. The van der Waals surface area contributed by atoms with Crippen molar-refractivity contribution >= 4 is 5.78 Å². The summed E-state index contributed by atoms with van der Waals surface area (Å²) in [6.45, 7) is 5.76. The molecule has 0 saturated carbocycles. The fraction of sp³-hybridized carbons (Fsp3) is 0.500. The molecular formula is C12H18FN3O. The van der Waals surface area contributed by atoms with E-state index < -0.39 is 11.6 Å². The van der Waals surface area contributed by atoms with Crippen LogP contribution < -0.4 is 0 Å².